The Hall–Kier alpha value is -1.46. The predicted molar refractivity (Wildman–Crippen MR) is 76.1 cm³/mol. The molecule has 0 aliphatic carbocycles. The van der Waals surface area contributed by atoms with Crippen LogP contribution in [0.4, 0.5) is 0 Å². The van der Waals surface area contributed by atoms with Crippen LogP contribution in [0.3, 0.4) is 0 Å². The number of carbonyl (C=O) groups excluding carboxylic acids is 2. The zero-order valence-corrected chi connectivity index (χ0v) is 12.1. The SMILES string of the molecule is O=C1CCC(NC(=O)COc2ccc(Cl)c(Cl)c2)CN1. The average Bonchev–Trinajstić information content (AvgIpc) is 2.43. The molecule has 5 nitrogen and oxygen atoms in total. The first kappa shape index (κ1) is 14.9. The van der Waals surface area contributed by atoms with Gasteiger partial charge in [0.25, 0.3) is 5.91 Å². The minimum Gasteiger partial charge on any atom is -0.484 e. The van der Waals surface area contributed by atoms with Crippen LogP contribution in [0, 0.1) is 0 Å². The number of benzene rings is 1. The summed E-state index contributed by atoms with van der Waals surface area (Å²) in [5, 5.41) is 6.30. The summed E-state index contributed by atoms with van der Waals surface area (Å²) in [6.07, 6.45) is 1.07. The third kappa shape index (κ3) is 4.28. The molecular formula is C13H14Cl2N2O3. The molecule has 2 rings (SSSR count). The lowest BCUT2D eigenvalue weighted by Gasteiger charge is -2.23. The Kier molecular flexibility index (Phi) is 5.09. The van der Waals surface area contributed by atoms with Crippen molar-refractivity contribution in [3.8, 4) is 5.75 Å². The van der Waals surface area contributed by atoms with Crippen molar-refractivity contribution in [3.63, 3.8) is 0 Å². The van der Waals surface area contributed by atoms with Gasteiger partial charge in [-0.15, -0.1) is 0 Å². The monoisotopic (exact) mass is 316 g/mol. The van der Waals surface area contributed by atoms with Gasteiger partial charge >= 0.3 is 0 Å². The summed E-state index contributed by atoms with van der Waals surface area (Å²) in [5.74, 6) is 0.256. The van der Waals surface area contributed by atoms with E-state index in [4.69, 9.17) is 27.9 Å². The number of ether oxygens (including phenoxy) is 1. The van der Waals surface area contributed by atoms with Crippen molar-refractivity contribution >= 4 is 35.0 Å². The second kappa shape index (κ2) is 6.81. The highest BCUT2D eigenvalue weighted by Crippen LogP contribution is 2.26. The first-order chi connectivity index (χ1) is 9.54. The zero-order valence-electron chi connectivity index (χ0n) is 10.6. The molecule has 2 N–H and O–H groups in total. The summed E-state index contributed by atoms with van der Waals surface area (Å²) in [6.45, 7) is 0.347. The largest absolute Gasteiger partial charge is 0.484 e. The predicted octanol–water partition coefficient (Wildman–Crippen LogP) is 1.77. The molecule has 1 fully saturated rings. The number of hydrogen-bond donors (Lipinski definition) is 2. The van der Waals surface area contributed by atoms with Crippen LogP contribution in [0.25, 0.3) is 0 Å². The molecule has 1 aliphatic rings. The van der Waals surface area contributed by atoms with Crippen LogP contribution in [-0.4, -0.2) is 31.0 Å². The topological polar surface area (TPSA) is 67.4 Å². The van der Waals surface area contributed by atoms with Gasteiger partial charge in [-0.25, -0.2) is 0 Å². The number of piperidine rings is 1. The van der Waals surface area contributed by atoms with E-state index in [1.807, 2.05) is 0 Å². The molecule has 1 unspecified atom stereocenters. The van der Waals surface area contributed by atoms with Crippen molar-refractivity contribution in [1.82, 2.24) is 10.6 Å². The van der Waals surface area contributed by atoms with E-state index in [1.165, 1.54) is 0 Å². The van der Waals surface area contributed by atoms with Crippen LogP contribution in [0.15, 0.2) is 18.2 Å². The summed E-state index contributed by atoms with van der Waals surface area (Å²) in [5.41, 5.74) is 0. The van der Waals surface area contributed by atoms with Crippen LogP contribution >= 0.6 is 23.2 Å². The first-order valence-corrected chi connectivity index (χ1v) is 6.94. The normalized spacial score (nSPS) is 18.3. The molecule has 1 atom stereocenters. The Morgan fingerprint density at radius 1 is 1.40 bits per heavy atom. The highest BCUT2D eigenvalue weighted by atomic mass is 35.5. The fraction of sp³-hybridized carbons (Fsp3) is 0.385. The third-order valence-electron chi connectivity index (χ3n) is 2.89. The molecule has 0 bridgehead atoms. The van der Waals surface area contributed by atoms with Gasteiger partial charge in [0.1, 0.15) is 5.75 Å². The summed E-state index contributed by atoms with van der Waals surface area (Å²) in [7, 11) is 0. The van der Waals surface area contributed by atoms with E-state index >= 15 is 0 Å². The highest BCUT2D eigenvalue weighted by Gasteiger charge is 2.19. The second-order valence-corrected chi connectivity index (χ2v) is 5.29. The maximum absolute atomic E-state index is 11.7. The van der Waals surface area contributed by atoms with E-state index in [-0.39, 0.29) is 24.5 Å². The minimum absolute atomic E-state index is 0.0163. The smallest absolute Gasteiger partial charge is 0.258 e. The second-order valence-electron chi connectivity index (χ2n) is 4.47. The van der Waals surface area contributed by atoms with Gasteiger partial charge in [-0.05, 0) is 18.6 Å². The molecule has 1 aliphatic heterocycles. The van der Waals surface area contributed by atoms with Gasteiger partial charge in [-0.3, -0.25) is 9.59 Å². The summed E-state index contributed by atoms with van der Waals surface area (Å²) in [6, 6.07) is 4.76. The number of halogens is 2. The summed E-state index contributed by atoms with van der Waals surface area (Å²) < 4.78 is 5.32. The number of carbonyl (C=O) groups is 2. The van der Waals surface area contributed by atoms with Gasteiger partial charge in [-0.1, -0.05) is 23.2 Å². The van der Waals surface area contributed by atoms with E-state index in [9.17, 15) is 9.59 Å². The van der Waals surface area contributed by atoms with Gasteiger partial charge in [0.05, 0.1) is 10.0 Å². The average molecular weight is 317 g/mol. The fourth-order valence-electron chi connectivity index (χ4n) is 1.84. The van der Waals surface area contributed by atoms with Crippen molar-refractivity contribution in [2.75, 3.05) is 13.2 Å². The Balaban J connectivity index is 1.77. The van der Waals surface area contributed by atoms with Crippen LogP contribution < -0.4 is 15.4 Å². The molecule has 0 spiro atoms. The Labute approximate surface area is 126 Å². The molecule has 1 aromatic carbocycles. The van der Waals surface area contributed by atoms with Crippen molar-refractivity contribution < 1.29 is 14.3 Å². The van der Waals surface area contributed by atoms with Crippen molar-refractivity contribution in [2.24, 2.45) is 0 Å². The van der Waals surface area contributed by atoms with Crippen molar-refractivity contribution in [1.29, 1.82) is 0 Å². The molecule has 1 heterocycles. The lowest BCUT2D eigenvalue weighted by atomic mass is 10.1. The molecule has 0 saturated carbocycles. The molecule has 2 amide bonds. The van der Waals surface area contributed by atoms with Gasteiger partial charge < -0.3 is 15.4 Å². The van der Waals surface area contributed by atoms with Gasteiger partial charge in [-0.2, -0.15) is 0 Å². The Morgan fingerprint density at radius 2 is 2.20 bits per heavy atom. The molecule has 1 aromatic rings. The van der Waals surface area contributed by atoms with E-state index in [0.717, 1.165) is 0 Å². The van der Waals surface area contributed by atoms with Crippen molar-refractivity contribution in [3.05, 3.63) is 28.2 Å². The van der Waals surface area contributed by atoms with E-state index in [0.29, 0.717) is 35.2 Å². The number of rotatable bonds is 4. The van der Waals surface area contributed by atoms with Crippen LogP contribution in [0.5, 0.6) is 5.75 Å². The Morgan fingerprint density at radius 3 is 2.85 bits per heavy atom. The summed E-state index contributed by atoms with van der Waals surface area (Å²) >= 11 is 11.6. The molecule has 20 heavy (non-hydrogen) atoms. The van der Waals surface area contributed by atoms with E-state index in [2.05, 4.69) is 10.6 Å². The minimum atomic E-state index is -0.239. The molecule has 7 heteroatoms. The van der Waals surface area contributed by atoms with Crippen LogP contribution in [0.2, 0.25) is 10.0 Å². The number of amides is 2. The van der Waals surface area contributed by atoms with Crippen LogP contribution in [0.1, 0.15) is 12.8 Å². The van der Waals surface area contributed by atoms with Crippen LogP contribution in [-0.2, 0) is 9.59 Å². The molecule has 1 saturated heterocycles. The fourth-order valence-corrected chi connectivity index (χ4v) is 2.13. The van der Waals surface area contributed by atoms with E-state index < -0.39 is 0 Å². The molecular weight excluding hydrogens is 303 g/mol. The maximum atomic E-state index is 11.7. The lowest BCUT2D eigenvalue weighted by molar-refractivity contribution is -0.126. The molecule has 0 aromatic heterocycles. The number of nitrogens with one attached hydrogen (secondary N) is 2. The Bertz CT molecular complexity index is 512. The number of hydrogen-bond acceptors (Lipinski definition) is 3. The first-order valence-electron chi connectivity index (χ1n) is 6.18. The summed E-state index contributed by atoms with van der Waals surface area (Å²) in [4.78, 5) is 22.7. The maximum Gasteiger partial charge on any atom is 0.258 e. The highest BCUT2D eigenvalue weighted by molar-refractivity contribution is 6.42. The van der Waals surface area contributed by atoms with E-state index in [1.54, 1.807) is 18.2 Å². The molecule has 0 radical (unpaired) electrons. The quantitative estimate of drug-likeness (QED) is 0.889. The van der Waals surface area contributed by atoms with Crippen molar-refractivity contribution in [2.45, 2.75) is 18.9 Å². The van der Waals surface area contributed by atoms with Gasteiger partial charge in [0, 0.05) is 25.1 Å². The van der Waals surface area contributed by atoms with Gasteiger partial charge in [0.2, 0.25) is 5.91 Å². The lowest BCUT2D eigenvalue weighted by Crippen LogP contribution is -2.48. The standard InChI is InChI=1S/C13H14Cl2N2O3/c14-10-3-2-9(5-11(10)15)20-7-13(19)17-8-1-4-12(18)16-6-8/h2-3,5,8H,1,4,6-7H2,(H,16,18)(H,17,19). The molecule has 108 valence electrons. The third-order valence-corrected chi connectivity index (χ3v) is 3.63. The van der Waals surface area contributed by atoms with Gasteiger partial charge in [0.15, 0.2) is 6.61 Å². The zero-order chi connectivity index (χ0) is 14.5.